The van der Waals surface area contributed by atoms with Gasteiger partial charge in [-0.05, 0) is 36.4 Å². The Hall–Kier alpha value is -3.30. The number of hydrogen-bond acceptors (Lipinski definition) is 5. The van der Waals surface area contributed by atoms with E-state index in [9.17, 15) is 17.6 Å². The fourth-order valence-corrected chi connectivity index (χ4v) is 3.57. The van der Waals surface area contributed by atoms with Gasteiger partial charge < -0.3 is 4.74 Å². The molecule has 0 saturated carbocycles. The van der Waals surface area contributed by atoms with Gasteiger partial charge in [-0.15, -0.1) is 6.58 Å². The fourth-order valence-electron chi connectivity index (χ4n) is 2.47. The molecule has 1 heterocycles. The summed E-state index contributed by atoms with van der Waals surface area (Å²) >= 11 is 0. The predicted molar refractivity (Wildman–Crippen MR) is 104 cm³/mol. The molecule has 0 aliphatic heterocycles. The number of sulfonamides is 1. The van der Waals surface area contributed by atoms with Gasteiger partial charge >= 0.3 is 5.97 Å². The molecule has 3 aromatic rings. The lowest BCUT2D eigenvalue weighted by molar-refractivity contribution is 0.0467. The predicted octanol–water partition coefficient (Wildman–Crippen LogP) is 2.83. The third-order valence-corrected chi connectivity index (χ3v) is 5.33. The highest BCUT2D eigenvalue weighted by Crippen LogP contribution is 2.17. The smallest absolute Gasteiger partial charge is 0.338 e. The van der Waals surface area contributed by atoms with Crippen LogP contribution in [0.25, 0.3) is 5.69 Å². The second-order valence-corrected chi connectivity index (χ2v) is 7.68. The van der Waals surface area contributed by atoms with E-state index in [-0.39, 0.29) is 18.7 Å². The molecule has 0 amide bonds. The Morgan fingerprint density at radius 2 is 1.97 bits per heavy atom. The van der Waals surface area contributed by atoms with Gasteiger partial charge in [0.25, 0.3) is 0 Å². The normalized spacial score (nSPS) is 11.2. The van der Waals surface area contributed by atoms with Crippen LogP contribution in [0.3, 0.4) is 0 Å². The average molecular weight is 415 g/mol. The number of carbonyl (C=O) groups excluding carboxylic acids is 1. The molecule has 2 aromatic carbocycles. The number of hydrogen-bond donors (Lipinski definition) is 1. The number of benzene rings is 2. The summed E-state index contributed by atoms with van der Waals surface area (Å²) in [6.45, 7) is 3.21. The number of para-hydroxylation sites is 1. The molecule has 7 nitrogen and oxygen atoms in total. The summed E-state index contributed by atoms with van der Waals surface area (Å²) in [6, 6.07) is 14.1. The van der Waals surface area contributed by atoms with Crippen LogP contribution < -0.4 is 4.72 Å². The van der Waals surface area contributed by atoms with Crippen LogP contribution >= 0.6 is 0 Å². The third-order valence-electron chi connectivity index (χ3n) is 3.89. The second-order valence-electron chi connectivity index (χ2n) is 5.95. The standard InChI is InChI=1S/C20H18FN3O4S/c1-2-11-22-29(26,27)19-13-15(8-9-18(19)21)20(25)28-14-16-10-12-24(23-16)17-6-4-3-5-7-17/h2-10,12-13,22H,1,11,14H2. The van der Waals surface area contributed by atoms with Gasteiger partial charge in [0.2, 0.25) is 10.0 Å². The minimum absolute atomic E-state index is 0.0689. The van der Waals surface area contributed by atoms with Crippen LogP contribution in [0.1, 0.15) is 16.1 Å². The van der Waals surface area contributed by atoms with E-state index in [0.29, 0.717) is 5.69 Å². The summed E-state index contributed by atoms with van der Waals surface area (Å²) in [5, 5.41) is 4.31. The maximum Gasteiger partial charge on any atom is 0.338 e. The van der Waals surface area contributed by atoms with E-state index < -0.39 is 26.7 Å². The van der Waals surface area contributed by atoms with E-state index in [1.54, 1.807) is 16.9 Å². The first-order chi connectivity index (χ1) is 13.9. The molecule has 29 heavy (non-hydrogen) atoms. The lowest BCUT2D eigenvalue weighted by Crippen LogP contribution is -2.25. The molecule has 0 saturated heterocycles. The fraction of sp³-hybridized carbons (Fsp3) is 0.100. The lowest BCUT2D eigenvalue weighted by atomic mass is 10.2. The largest absolute Gasteiger partial charge is 0.456 e. The number of aromatic nitrogens is 2. The first kappa shape index (κ1) is 20.4. The molecule has 1 aromatic heterocycles. The molecule has 0 bridgehead atoms. The summed E-state index contributed by atoms with van der Waals surface area (Å²) in [6.07, 6.45) is 3.05. The Kier molecular flexibility index (Phi) is 6.20. The van der Waals surface area contributed by atoms with Crippen molar-refractivity contribution >= 4 is 16.0 Å². The van der Waals surface area contributed by atoms with Crippen LogP contribution in [0.15, 0.2) is 78.3 Å². The molecule has 0 spiro atoms. The summed E-state index contributed by atoms with van der Waals surface area (Å²) < 4.78 is 47.2. The zero-order valence-corrected chi connectivity index (χ0v) is 16.1. The van der Waals surface area contributed by atoms with Crippen LogP contribution in [0.4, 0.5) is 4.39 Å². The van der Waals surface area contributed by atoms with Crippen molar-refractivity contribution in [1.82, 2.24) is 14.5 Å². The topological polar surface area (TPSA) is 90.3 Å². The van der Waals surface area contributed by atoms with E-state index in [0.717, 1.165) is 23.9 Å². The Balaban J connectivity index is 1.71. The monoisotopic (exact) mass is 415 g/mol. The molecule has 9 heteroatoms. The average Bonchev–Trinajstić information content (AvgIpc) is 3.20. The number of halogens is 1. The van der Waals surface area contributed by atoms with Gasteiger partial charge in [-0.1, -0.05) is 24.3 Å². The molecule has 0 radical (unpaired) electrons. The number of ether oxygens (including phenoxy) is 1. The lowest BCUT2D eigenvalue weighted by Gasteiger charge is -2.08. The molecule has 0 unspecified atom stereocenters. The van der Waals surface area contributed by atoms with E-state index in [2.05, 4.69) is 16.4 Å². The van der Waals surface area contributed by atoms with Gasteiger partial charge in [0.1, 0.15) is 23.0 Å². The highest BCUT2D eigenvalue weighted by Gasteiger charge is 2.21. The van der Waals surface area contributed by atoms with Crippen molar-refractivity contribution in [1.29, 1.82) is 0 Å². The van der Waals surface area contributed by atoms with Crippen molar-refractivity contribution in [3.05, 3.63) is 90.5 Å². The van der Waals surface area contributed by atoms with Crippen LogP contribution in [0.2, 0.25) is 0 Å². The molecular formula is C20H18FN3O4S. The summed E-state index contributed by atoms with van der Waals surface area (Å²) in [5.41, 5.74) is 1.27. The van der Waals surface area contributed by atoms with Crippen LogP contribution in [0, 0.1) is 5.82 Å². The van der Waals surface area contributed by atoms with Crippen molar-refractivity contribution < 1.29 is 22.3 Å². The Labute approximate surface area is 167 Å². The van der Waals surface area contributed by atoms with Gasteiger partial charge in [-0.25, -0.2) is 27.0 Å². The van der Waals surface area contributed by atoms with E-state index >= 15 is 0 Å². The van der Waals surface area contributed by atoms with Crippen molar-refractivity contribution in [2.75, 3.05) is 6.54 Å². The SMILES string of the molecule is C=CCNS(=O)(=O)c1cc(C(=O)OCc2ccn(-c3ccccc3)n2)ccc1F. The number of nitrogens with zero attached hydrogens (tertiary/aromatic N) is 2. The molecule has 0 fully saturated rings. The Bertz CT molecular complexity index is 1130. The van der Waals surface area contributed by atoms with Gasteiger partial charge in [0.15, 0.2) is 0 Å². The molecule has 0 aliphatic carbocycles. The molecule has 3 rings (SSSR count). The molecule has 150 valence electrons. The van der Waals surface area contributed by atoms with Crippen LogP contribution in [-0.4, -0.2) is 30.7 Å². The maximum absolute atomic E-state index is 14.0. The summed E-state index contributed by atoms with van der Waals surface area (Å²) in [7, 11) is -4.12. The van der Waals surface area contributed by atoms with Crippen LogP contribution in [0.5, 0.6) is 0 Å². The highest BCUT2D eigenvalue weighted by molar-refractivity contribution is 7.89. The van der Waals surface area contributed by atoms with Gasteiger partial charge in [0.05, 0.1) is 11.3 Å². The van der Waals surface area contributed by atoms with E-state index in [1.807, 2.05) is 30.3 Å². The molecule has 1 N–H and O–H groups in total. The second kappa shape index (κ2) is 8.80. The summed E-state index contributed by atoms with van der Waals surface area (Å²) in [4.78, 5) is 11.7. The van der Waals surface area contributed by atoms with E-state index in [1.165, 1.54) is 6.08 Å². The number of rotatable bonds is 8. The van der Waals surface area contributed by atoms with Crippen molar-refractivity contribution in [3.8, 4) is 5.69 Å². The van der Waals surface area contributed by atoms with Gasteiger partial charge in [0, 0.05) is 12.7 Å². The van der Waals surface area contributed by atoms with Crippen molar-refractivity contribution in [2.24, 2.45) is 0 Å². The first-order valence-electron chi connectivity index (χ1n) is 8.58. The van der Waals surface area contributed by atoms with Crippen LogP contribution in [-0.2, 0) is 21.4 Å². The molecular weight excluding hydrogens is 397 g/mol. The number of nitrogens with one attached hydrogen (secondary N) is 1. The first-order valence-corrected chi connectivity index (χ1v) is 10.1. The highest BCUT2D eigenvalue weighted by atomic mass is 32.2. The van der Waals surface area contributed by atoms with Crippen molar-refractivity contribution in [3.63, 3.8) is 0 Å². The molecule has 0 atom stereocenters. The Morgan fingerprint density at radius 3 is 2.69 bits per heavy atom. The maximum atomic E-state index is 14.0. The zero-order valence-electron chi connectivity index (χ0n) is 15.3. The Morgan fingerprint density at radius 1 is 1.21 bits per heavy atom. The third kappa shape index (κ3) is 4.95. The molecule has 0 aliphatic rings. The van der Waals surface area contributed by atoms with Crippen molar-refractivity contribution in [2.45, 2.75) is 11.5 Å². The summed E-state index contributed by atoms with van der Waals surface area (Å²) in [5.74, 6) is -1.76. The van der Waals surface area contributed by atoms with E-state index in [4.69, 9.17) is 4.74 Å². The quantitative estimate of drug-likeness (QED) is 0.451. The number of carbonyl (C=O) groups is 1. The minimum Gasteiger partial charge on any atom is -0.456 e. The minimum atomic E-state index is -4.12. The van der Waals surface area contributed by atoms with Gasteiger partial charge in [-0.2, -0.15) is 5.10 Å². The number of esters is 1. The zero-order chi connectivity index (χ0) is 20.9. The van der Waals surface area contributed by atoms with Gasteiger partial charge in [-0.3, -0.25) is 0 Å².